The highest BCUT2D eigenvalue weighted by atomic mass is 79.9. The zero-order valence-corrected chi connectivity index (χ0v) is 11.9. The number of carboxylic acid groups (broad SMARTS) is 1. The van der Waals surface area contributed by atoms with Gasteiger partial charge in [-0.15, -0.1) is 0 Å². The largest absolute Gasteiger partial charge is 0.480 e. The maximum absolute atomic E-state index is 12.3. The van der Waals surface area contributed by atoms with Crippen LogP contribution in [0.15, 0.2) is 22.7 Å². The monoisotopic (exact) mass is 359 g/mol. The van der Waals surface area contributed by atoms with Gasteiger partial charge in [-0.3, -0.25) is 9.69 Å². The van der Waals surface area contributed by atoms with Crippen molar-refractivity contribution in [2.45, 2.75) is 12.7 Å². The van der Waals surface area contributed by atoms with Crippen molar-refractivity contribution in [2.24, 2.45) is 0 Å². The molecule has 0 aliphatic carbocycles. The summed E-state index contributed by atoms with van der Waals surface area (Å²) < 4.78 is 37.7. The first-order valence-corrected chi connectivity index (χ1v) is 6.29. The summed E-state index contributed by atoms with van der Waals surface area (Å²) in [6.45, 7) is -2.19. The van der Waals surface area contributed by atoms with Gasteiger partial charge < -0.3 is 5.11 Å². The van der Waals surface area contributed by atoms with E-state index in [4.69, 9.17) is 16.7 Å². The van der Waals surface area contributed by atoms with Crippen LogP contribution in [-0.4, -0.2) is 35.2 Å². The number of alkyl halides is 3. The summed E-state index contributed by atoms with van der Waals surface area (Å²) in [7, 11) is 0. The van der Waals surface area contributed by atoms with Crippen molar-refractivity contribution in [1.29, 1.82) is 0 Å². The van der Waals surface area contributed by atoms with Crippen molar-refractivity contribution in [3.63, 3.8) is 0 Å². The molecular weight excluding hydrogens is 350 g/mol. The summed E-state index contributed by atoms with van der Waals surface area (Å²) in [6.07, 6.45) is -4.46. The minimum atomic E-state index is -4.46. The van der Waals surface area contributed by atoms with Gasteiger partial charge >= 0.3 is 12.1 Å². The van der Waals surface area contributed by atoms with Gasteiger partial charge in [-0.2, -0.15) is 13.2 Å². The molecule has 0 fully saturated rings. The second kappa shape index (κ2) is 6.58. The molecule has 0 saturated heterocycles. The van der Waals surface area contributed by atoms with Gasteiger partial charge in [0.2, 0.25) is 0 Å². The Morgan fingerprint density at radius 2 is 2.05 bits per heavy atom. The van der Waals surface area contributed by atoms with Gasteiger partial charge in [-0.25, -0.2) is 0 Å². The molecule has 0 saturated carbocycles. The van der Waals surface area contributed by atoms with E-state index < -0.39 is 25.2 Å². The Balaban J connectivity index is 2.84. The molecule has 1 rings (SSSR count). The molecule has 0 amide bonds. The third kappa shape index (κ3) is 6.26. The Bertz CT molecular complexity index is 468. The summed E-state index contributed by atoms with van der Waals surface area (Å²) in [5.74, 6) is -1.32. The van der Waals surface area contributed by atoms with Crippen LogP contribution in [0.5, 0.6) is 0 Å². The molecule has 0 atom stereocenters. The maximum Gasteiger partial charge on any atom is 0.401 e. The minimum Gasteiger partial charge on any atom is -0.480 e. The molecule has 0 aliphatic heterocycles. The quantitative estimate of drug-likeness (QED) is 0.873. The Morgan fingerprint density at radius 1 is 1.42 bits per heavy atom. The van der Waals surface area contributed by atoms with Crippen LogP contribution in [0.1, 0.15) is 5.56 Å². The van der Waals surface area contributed by atoms with Gasteiger partial charge in [0.25, 0.3) is 0 Å². The van der Waals surface area contributed by atoms with Crippen LogP contribution < -0.4 is 0 Å². The summed E-state index contributed by atoms with van der Waals surface area (Å²) in [4.78, 5) is 11.4. The normalized spacial score (nSPS) is 11.9. The Morgan fingerprint density at radius 3 is 2.53 bits per heavy atom. The van der Waals surface area contributed by atoms with Crippen molar-refractivity contribution < 1.29 is 23.1 Å². The highest BCUT2D eigenvalue weighted by Gasteiger charge is 2.31. The van der Waals surface area contributed by atoms with E-state index in [9.17, 15) is 18.0 Å². The first-order chi connectivity index (χ1) is 8.67. The molecule has 0 heterocycles. The van der Waals surface area contributed by atoms with Crippen molar-refractivity contribution in [3.05, 3.63) is 33.3 Å². The first kappa shape index (κ1) is 16.3. The predicted octanol–water partition coefficient (Wildman–Crippen LogP) is 3.55. The lowest BCUT2D eigenvalue weighted by Gasteiger charge is -2.22. The van der Waals surface area contributed by atoms with Crippen molar-refractivity contribution in [3.8, 4) is 0 Å². The molecule has 1 aromatic rings. The molecule has 1 N–H and O–H groups in total. The van der Waals surface area contributed by atoms with Gasteiger partial charge in [0.05, 0.1) is 13.1 Å². The van der Waals surface area contributed by atoms with Crippen LogP contribution in [0.2, 0.25) is 5.02 Å². The second-order valence-electron chi connectivity index (χ2n) is 3.89. The fourth-order valence-corrected chi connectivity index (χ4v) is 2.24. The number of benzene rings is 1. The second-order valence-corrected chi connectivity index (χ2v) is 5.21. The van der Waals surface area contributed by atoms with Gasteiger partial charge in [-0.05, 0) is 17.7 Å². The molecule has 106 valence electrons. The molecule has 0 radical (unpaired) electrons. The molecule has 0 unspecified atom stereocenters. The summed E-state index contributed by atoms with van der Waals surface area (Å²) in [6, 6.07) is 4.73. The summed E-state index contributed by atoms with van der Waals surface area (Å²) >= 11 is 9.08. The molecule has 19 heavy (non-hydrogen) atoms. The Labute approximate surface area is 121 Å². The zero-order chi connectivity index (χ0) is 14.6. The van der Waals surface area contributed by atoms with E-state index in [-0.39, 0.29) is 11.6 Å². The number of hydrogen-bond acceptors (Lipinski definition) is 2. The number of hydrogen-bond donors (Lipinski definition) is 1. The van der Waals surface area contributed by atoms with E-state index in [2.05, 4.69) is 15.9 Å². The molecule has 0 aliphatic rings. The maximum atomic E-state index is 12.3. The SMILES string of the molecule is O=C(O)CN(Cc1ccc(Br)cc1Cl)CC(F)(F)F. The van der Waals surface area contributed by atoms with E-state index in [0.29, 0.717) is 10.0 Å². The van der Waals surface area contributed by atoms with Crippen LogP contribution in [0, 0.1) is 0 Å². The predicted molar refractivity (Wildman–Crippen MR) is 68.1 cm³/mol. The molecule has 0 aromatic heterocycles. The number of aliphatic carboxylic acids is 1. The van der Waals surface area contributed by atoms with Gasteiger partial charge in [0.15, 0.2) is 0 Å². The number of carbonyl (C=O) groups is 1. The van der Waals surface area contributed by atoms with E-state index >= 15 is 0 Å². The average Bonchev–Trinajstić information content (AvgIpc) is 2.18. The average molecular weight is 361 g/mol. The number of nitrogens with zero attached hydrogens (tertiary/aromatic N) is 1. The molecule has 3 nitrogen and oxygen atoms in total. The lowest BCUT2D eigenvalue weighted by Crippen LogP contribution is -2.37. The van der Waals surface area contributed by atoms with Crippen LogP contribution in [-0.2, 0) is 11.3 Å². The Hall–Kier alpha value is -0.790. The smallest absolute Gasteiger partial charge is 0.401 e. The fraction of sp³-hybridized carbons (Fsp3) is 0.364. The first-order valence-electron chi connectivity index (χ1n) is 5.12. The van der Waals surface area contributed by atoms with E-state index in [1.807, 2.05) is 0 Å². The zero-order valence-electron chi connectivity index (χ0n) is 9.55. The standard InChI is InChI=1S/C11H10BrClF3NO2/c12-8-2-1-7(9(13)3-8)4-17(5-10(18)19)6-11(14,15)16/h1-3H,4-6H2,(H,18,19). The third-order valence-electron chi connectivity index (χ3n) is 2.17. The number of halogens is 5. The highest BCUT2D eigenvalue weighted by molar-refractivity contribution is 9.10. The number of carboxylic acids is 1. The molecule has 1 aromatic carbocycles. The van der Waals surface area contributed by atoms with Crippen LogP contribution in [0.3, 0.4) is 0 Å². The minimum absolute atomic E-state index is 0.183. The number of rotatable bonds is 5. The lowest BCUT2D eigenvalue weighted by molar-refractivity contribution is -0.154. The van der Waals surface area contributed by atoms with Crippen LogP contribution >= 0.6 is 27.5 Å². The summed E-state index contributed by atoms with van der Waals surface area (Å²) in [5, 5.41) is 8.91. The summed E-state index contributed by atoms with van der Waals surface area (Å²) in [5.41, 5.74) is 0.440. The third-order valence-corrected chi connectivity index (χ3v) is 3.02. The van der Waals surface area contributed by atoms with Gasteiger partial charge in [0.1, 0.15) is 0 Å². The van der Waals surface area contributed by atoms with Gasteiger partial charge in [0, 0.05) is 16.0 Å². The van der Waals surface area contributed by atoms with Crippen molar-refractivity contribution in [2.75, 3.05) is 13.1 Å². The van der Waals surface area contributed by atoms with Crippen molar-refractivity contribution >= 4 is 33.5 Å². The topological polar surface area (TPSA) is 40.5 Å². The van der Waals surface area contributed by atoms with Crippen LogP contribution in [0.4, 0.5) is 13.2 Å². The van der Waals surface area contributed by atoms with Crippen LogP contribution in [0.25, 0.3) is 0 Å². The van der Waals surface area contributed by atoms with Gasteiger partial charge in [-0.1, -0.05) is 33.6 Å². The molecular formula is C11H10BrClF3NO2. The molecule has 0 spiro atoms. The van der Waals surface area contributed by atoms with Crippen molar-refractivity contribution in [1.82, 2.24) is 4.90 Å². The highest BCUT2D eigenvalue weighted by Crippen LogP contribution is 2.24. The fourth-order valence-electron chi connectivity index (χ4n) is 1.50. The van der Waals surface area contributed by atoms with E-state index in [0.717, 1.165) is 4.90 Å². The molecule has 8 heteroatoms. The lowest BCUT2D eigenvalue weighted by atomic mass is 10.2. The van der Waals surface area contributed by atoms with E-state index in [1.165, 1.54) is 0 Å². The molecule has 0 bridgehead atoms. The van der Waals surface area contributed by atoms with E-state index in [1.54, 1.807) is 18.2 Å². The Kier molecular flexibility index (Phi) is 5.64.